The fourth-order valence-corrected chi connectivity index (χ4v) is 4.80. The van der Waals surface area contributed by atoms with Gasteiger partial charge in [0.1, 0.15) is 23.5 Å². The van der Waals surface area contributed by atoms with Gasteiger partial charge >= 0.3 is 5.97 Å². The number of aromatic nitrogens is 1. The molecule has 9 heteroatoms. The lowest BCUT2D eigenvalue weighted by Gasteiger charge is -2.40. The van der Waals surface area contributed by atoms with Gasteiger partial charge in [-0.1, -0.05) is 22.0 Å². The maximum atomic E-state index is 14.7. The van der Waals surface area contributed by atoms with Crippen molar-refractivity contribution in [2.75, 3.05) is 24.5 Å². The maximum absolute atomic E-state index is 14.7. The van der Waals surface area contributed by atoms with Crippen LogP contribution in [0.25, 0.3) is 11.8 Å². The number of cyclic esters (lactones) is 1. The number of halogens is 2. The Morgan fingerprint density at radius 1 is 1.19 bits per heavy atom. The molecule has 7 nitrogen and oxygen atoms in total. The van der Waals surface area contributed by atoms with Crippen LogP contribution < -0.4 is 4.90 Å². The summed E-state index contributed by atoms with van der Waals surface area (Å²) in [7, 11) is 0. The Hall–Kier alpha value is -4.03. The fourth-order valence-electron chi connectivity index (χ4n) is 4.44. The number of hydrogen-bond acceptors (Lipinski definition) is 6. The third kappa shape index (κ3) is 4.48. The number of pyridine rings is 1. The molecule has 2 aromatic carbocycles. The first-order valence-corrected chi connectivity index (χ1v) is 12.1. The van der Waals surface area contributed by atoms with Crippen molar-refractivity contribution in [2.24, 2.45) is 0 Å². The highest BCUT2D eigenvalue weighted by Gasteiger charge is 2.30. The molecule has 1 amide bonds. The minimum Gasteiger partial charge on any atom is -0.422 e. The van der Waals surface area contributed by atoms with Crippen LogP contribution in [0.4, 0.5) is 10.2 Å². The molecule has 1 atom stereocenters. The van der Waals surface area contributed by atoms with E-state index >= 15 is 0 Å². The predicted octanol–water partition coefficient (Wildman–Crippen LogP) is 4.87. The zero-order valence-electron chi connectivity index (χ0n) is 19.2. The molecule has 0 aliphatic carbocycles. The molecule has 5 rings (SSSR count). The van der Waals surface area contributed by atoms with Crippen LogP contribution in [0.3, 0.4) is 0 Å². The number of ether oxygens (including phenoxy) is 1. The largest absolute Gasteiger partial charge is 0.422 e. The number of benzene rings is 2. The highest BCUT2D eigenvalue weighted by Crippen LogP contribution is 2.33. The molecular formula is C27H20BrFN4O3. The van der Waals surface area contributed by atoms with Gasteiger partial charge in [-0.05, 0) is 61.0 Å². The number of amides is 1. The van der Waals surface area contributed by atoms with Crippen molar-refractivity contribution in [2.45, 2.75) is 13.0 Å². The van der Waals surface area contributed by atoms with Gasteiger partial charge in [-0.3, -0.25) is 4.79 Å². The fraction of sp³-hybridized carbons (Fsp3) is 0.185. The molecular weight excluding hydrogens is 527 g/mol. The first kappa shape index (κ1) is 23.7. The van der Waals surface area contributed by atoms with Gasteiger partial charge in [0.2, 0.25) is 0 Å². The van der Waals surface area contributed by atoms with Crippen molar-refractivity contribution in [3.63, 3.8) is 0 Å². The van der Waals surface area contributed by atoms with E-state index in [9.17, 15) is 14.0 Å². The van der Waals surface area contributed by atoms with Gasteiger partial charge in [0, 0.05) is 41.9 Å². The molecule has 0 spiro atoms. The summed E-state index contributed by atoms with van der Waals surface area (Å²) in [6, 6.07) is 15.0. The molecule has 0 bridgehead atoms. The summed E-state index contributed by atoms with van der Waals surface area (Å²) < 4.78 is 20.9. The van der Waals surface area contributed by atoms with Gasteiger partial charge < -0.3 is 14.5 Å². The summed E-state index contributed by atoms with van der Waals surface area (Å²) in [4.78, 5) is 33.5. The van der Waals surface area contributed by atoms with Gasteiger partial charge in [0.05, 0.1) is 16.7 Å². The van der Waals surface area contributed by atoms with E-state index in [1.54, 1.807) is 47.4 Å². The number of anilines is 1. The monoisotopic (exact) mass is 546 g/mol. The molecule has 2 aliphatic rings. The Labute approximate surface area is 215 Å². The van der Waals surface area contributed by atoms with E-state index in [4.69, 9.17) is 10.00 Å². The minimum absolute atomic E-state index is 0.0414. The summed E-state index contributed by atoms with van der Waals surface area (Å²) in [5.41, 5.74) is 2.07. The van der Waals surface area contributed by atoms with Gasteiger partial charge in [0.15, 0.2) is 0 Å². The number of carbonyl (C=O) groups is 2. The van der Waals surface area contributed by atoms with Crippen LogP contribution in [0.15, 0.2) is 59.2 Å². The Kier molecular flexibility index (Phi) is 6.29. The molecule has 1 saturated heterocycles. The zero-order chi connectivity index (χ0) is 25.4. The second-order valence-corrected chi connectivity index (χ2v) is 9.55. The molecule has 1 aromatic heterocycles. The van der Waals surface area contributed by atoms with Crippen LogP contribution in [0.2, 0.25) is 0 Å². The van der Waals surface area contributed by atoms with Gasteiger partial charge in [-0.25, -0.2) is 14.2 Å². The summed E-state index contributed by atoms with van der Waals surface area (Å²) in [5.74, 6) is -0.396. The Balaban J connectivity index is 1.36. The van der Waals surface area contributed by atoms with Crippen molar-refractivity contribution in [1.82, 2.24) is 9.88 Å². The average Bonchev–Trinajstić information content (AvgIpc) is 3.18. The summed E-state index contributed by atoms with van der Waals surface area (Å²) in [5, 5.41) is 8.98. The maximum Gasteiger partial charge on any atom is 0.344 e. The highest BCUT2D eigenvalue weighted by atomic mass is 79.9. The third-order valence-electron chi connectivity index (χ3n) is 6.27. The molecule has 0 saturated carbocycles. The number of nitriles is 1. The number of nitrogens with zero attached hydrogens (tertiary/aromatic N) is 4. The number of piperazine rings is 1. The van der Waals surface area contributed by atoms with Crippen molar-refractivity contribution in [3.05, 3.63) is 92.8 Å². The SMILES string of the molecule is CC1CN(C(=O)c2cc(/C=C3\OC(=O)c4ccc(Br)cc43)ccc2F)CCN1c1ccc(C#N)cn1. The van der Waals surface area contributed by atoms with E-state index in [0.717, 1.165) is 10.3 Å². The summed E-state index contributed by atoms with van der Waals surface area (Å²) in [6.07, 6.45) is 3.15. The minimum atomic E-state index is -0.613. The normalized spacial score (nSPS) is 18.1. The molecule has 3 heterocycles. The van der Waals surface area contributed by atoms with Crippen LogP contribution in [0.5, 0.6) is 0 Å². The third-order valence-corrected chi connectivity index (χ3v) is 6.77. The van der Waals surface area contributed by atoms with Gasteiger partial charge in [0.25, 0.3) is 5.91 Å². The summed E-state index contributed by atoms with van der Waals surface area (Å²) >= 11 is 3.40. The van der Waals surface area contributed by atoms with E-state index < -0.39 is 17.7 Å². The summed E-state index contributed by atoms with van der Waals surface area (Å²) in [6.45, 7) is 3.29. The number of fused-ring (bicyclic) bond motifs is 1. The molecule has 2 aliphatic heterocycles. The number of rotatable bonds is 3. The van der Waals surface area contributed by atoms with Crippen molar-refractivity contribution in [3.8, 4) is 6.07 Å². The van der Waals surface area contributed by atoms with Crippen LogP contribution >= 0.6 is 15.9 Å². The van der Waals surface area contributed by atoms with Crippen LogP contribution in [-0.2, 0) is 4.74 Å². The van der Waals surface area contributed by atoms with E-state index in [1.165, 1.54) is 18.3 Å². The Bertz CT molecular complexity index is 1450. The lowest BCUT2D eigenvalue weighted by Crippen LogP contribution is -2.54. The smallest absolute Gasteiger partial charge is 0.344 e. The van der Waals surface area contributed by atoms with E-state index in [-0.39, 0.29) is 11.6 Å². The van der Waals surface area contributed by atoms with E-state index in [0.29, 0.717) is 47.6 Å². The molecule has 0 N–H and O–H groups in total. The first-order chi connectivity index (χ1) is 17.3. The molecule has 1 fully saturated rings. The van der Waals surface area contributed by atoms with Crippen molar-refractivity contribution < 1.29 is 18.7 Å². The number of carbonyl (C=O) groups excluding carboxylic acids is 2. The standard InChI is InChI=1S/C27H20BrFN4O3/c1-16-15-32(8-9-33(16)25-7-3-18(13-30)14-31-25)26(34)22-10-17(2-6-23(22)29)11-24-21-12-19(28)4-5-20(21)27(35)36-24/h2-7,10-12,14,16H,8-9,15H2,1H3/b24-11-. The van der Waals surface area contributed by atoms with Crippen LogP contribution in [0.1, 0.15) is 44.3 Å². The topological polar surface area (TPSA) is 86.5 Å². The van der Waals surface area contributed by atoms with E-state index in [2.05, 4.69) is 31.9 Å². The molecule has 3 aromatic rings. The van der Waals surface area contributed by atoms with Gasteiger partial charge in [-0.2, -0.15) is 5.26 Å². The number of esters is 1. The highest BCUT2D eigenvalue weighted by molar-refractivity contribution is 9.10. The van der Waals surface area contributed by atoms with Gasteiger partial charge in [-0.15, -0.1) is 0 Å². The van der Waals surface area contributed by atoms with Crippen LogP contribution in [-0.4, -0.2) is 47.4 Å². The molecule has 180 valence electrons. The van der Waals surface area contributed by atoms with Crippen molar-refractivity contribution >= 4 is 45.5 Å². The zero-order valence-corrected chi connectivity index (χ0v) is 20.8. The first-order valence-electron chi connectivity index (χ1n) is 11.3. The molecule has 36 heavy (non-hydrogen) atoms. The lowest BCUT2D eigenvalue weighted by atomic mass is 10.0. The van der Waals surface area contributed by atoms with Crippen molar-refractivity contribution in [1.29, 1.82) is 5.26 Å². The Morgan fingerprint density at radius 2 is 2.03 bits per heavy atom. The number of hydrogen-bond donors (Lipinski definition) is 0. The lowest BCUT2D eigenvalue weighted by molar-refractivity contribution is 0.0710. The quantitative estimate of drug-likeness (QED) is 0.435. The predicted molar refractivity (Wildman–Crippen MR) is 135 cm³/mol. The van der Waals surface area contributed by atoms with Crippen LogP contribution in [0, 0.1) is 17.1 Å². The average molecular weight is 547 g/mol. The Morgan fingerprint density at radius 3 is 2.75 bits per heavy atom. The second-order valence-electron chi connectivity index (χ2n) is 8.64. The van der Waals surface area contributed by atoms with E-state index in [1.807, 2.05) is 6.92 Å². The molecule has 1 unspecified atom stereocenters. The molecule has 0 radical (unpaired) electrons. The second kappa shape index (κ2) is 9.55.